The van der Waals surface area contributed by atoms with Gasteiger partial charge in [-0.3, -0.25) is 4.90 Å². The number of halogens is 1. The summed E-state index contributed by atoms with van der Waals surface area (Å²) in [5.74, 6) is -0.221. The second-order valence-corrected chi connectivity index (χ2v) is 5.34. The first-order chi connectivity index (χ1) is 9.11. The number of nitrogens with zero attached hydrogens (tertiary/aromatic N) is 1. The molecule has 1 aromatic carbocycles. The fourth-order valence-corrected chi connectivity index (χ4v) is 2.78. The van der Waals surface area contributed by atoms with E-state index in [0.29, 0.717) is 0 Å². The summed E-state index contributed by atoms with van der Waals surface area (Å²) in [6.45, 7) is 3.76. The van der Waals surface area contributed by atoms with Gasteiger partial charge in [0.1, 0.15) is 5.82 Å². The molecule has 1 aromatic rings. The van der Waals surface area contributed by atoms with Crippen molar-refractivity contribution in [3.05, 3.63) is 35.6 Å². The van der Waals surface area contributed by atoms with Crippen LogP contribution in [0.1, 0.15) is 37.8 Å². The van der Waals surface area contributed by atoms with Gasteiger partial charge in [0.15, 0.2) is 0 Å². The van der Waals surface area contributed by atoms with E-state index in [1.165, 1.54) is 12.1 Å². The number of aliphatic hydroxyl groups is 1. The van der Waals surface area contributed by atoms with Gasteiger partial charge in [-0.2, -0.15) is 0 Å². The number of benzene rings is 1. The molecule has 0 aliphatic carbocycles. The monoisotopic (exact) mass is 266 g/mol. The molecule has 1 saturated heterocycles. The van der Waals surface area contributed by atoms with E-state index in [1.54, 1.807) is 0 Å². The summed E-state index contributed by atoms with van der Waals surface area (Å²) in [6, 6.07) is 6.76. The highest BCUT2D eigenvalue weighted by molar-refractivity contribution is 5.22. The molecule has 0 radical (unpaired) electrons. The Bertz CT molecular complexity index is 388. The minimum atomic E-state index is -0.221. The zero-order valence-electron chi connectivity index (χ0n) is 11.4. The van der Waals surface area contributed by atoms with E-state index in [-0.39, 0.29) is 24.0 Å². The molecule has 3 nitrogen and oxygen atoms in total. The van der Waals surface area contributed by atoms with Crippen LogP contribution in [0.3, 0.4) is 0 Å². The zero-order valence-corrected chi connectivity index (χ0v) is 11.4. The van der Waals surface area contributed by atoms with Crippen LogP contribution in [0.25, 0.3) is 0 Å². The Morgan fingerprint density at radius 3 is 2.42 bits per heavy atom. The third kappa shape index (κ3) is 3.53. The van der Waals surface area contributed by atoms with E-state index < -0.39 is 0 Å². The van der Waals surface area contributed by atoms with Crippen molar-refractivity contribution in [3.63, 3.8) is 0 Å². The molecule has 1 aliphatic rings. The van der Waals surface area contributed by atoms with Crippen LogP contribution in [0.2, 0.25) is 0 Å². The Labute approximate surface area is 114 Å². The van der Waals surface area contributed by atoms with Crippen LogP contribution in [-0.2, 0) is 0 Å². The van der Waals surface area contributed by atoms with Gasteiger partial charge >= 0.3 is 0 Å². The maximum Gasteiger partial charge on any atom is 0.123 e. The first kappa shape index (κ1) is 14.4. The van der Waals surface area contributed by atoms with Crippen LogP contribution in [0, 0.1) is 5.82 Å². The fraction of sp³-hybridized carbons (Fsp3) is 0.600. The molecular weight excluding hydrogens is 243 g/mol. The van der Waals surface area contributed by atoms with Crippen molar-refractivity contribution in [2.24, 2.45) is 5.73 Å². The maximum absolute atomic E-state index is 13.0. The average Bonchev–Trinajstić information content (AvgIpc) is 2.43. The number of rotatable bonds is 4. The Balaban J connectivity index is 2.18. The van der Waals surface area contributed by atoms with Crippen molar-refractivity contribution in [2.75, 3.05) is 13.1 Å². The highest BCUT2D eigenvalue weighted by Crippen LogP contribution is 2.28. The number of likely N-dealkylation sites (tertiary alicyclic amines) is 1. The quantitative estimate of drug-likeness (QED) is 0.877. The predicted octanol–water partition coefficient (Wildman–Crippen LogP) is 2.06. The molecule has 2 rings (SSSR count). The molecule has 0 aromatic heterocycles. The van der Waals surface area contributed by atoms with Crippen molar-refractivity contribution >= 4 is 0 Å². The highest BCUT2D eigenvalue weighted by atomic mass is 19.1. The maximum atomic E-state index is 13.0. The molecule has 1 aliphatic heterocycles. The molecule has 1 fully saturated rings. The van der Waals surface area contributed by atoms with E-state index in [1.807, 2.05) is 12.1 Å². The third-order valence-corrected chi connectivity index (χ3v) is 3.98. The Morgan fingerprint density at radius 2 is 1.89 bits per heavy atom. The smallest absolute Gasteiger partial charge is 0.123 e. The minimum Gasteiger partial charge on any atom is -0.393 e. The summed E-state index contributed by atoms with van der Waals surface area (Å²) in [5, 5.41) is 9.60. The summed E-state index contributed by atoms with van der Waals surface area (Å²) in [4.78, 5) is 2.31. The summed E-state index contributed by atoms with van der Waals surface area (Å²) in [5.41, 5.74) is 7.32. The van der Waals surface area contributed by atoms with Crippen LogP contribution in [0.5, 0.6) is 0 Å². The van der Waals surface area contributed by atoms with Gasteiger partial charge in [0, 0.05) is 25.2 Å². The predicted molar refractivity (Wildman–Crippen MR) is 74.2 cm³/mol. The van der Waals surface area contributed by atoms with Crippen molar-refractivity contribution < 1.29 is 9.50 Å². The molecule has 2 unspecified atom stereocenters. The molecular formula is C15H23FN2O. The van der Waals surface area contributed by atoms with E-state index >= 15 is 0 Å². The van der Waals surface area contributed by atoms with E-state index in [2.05, 4.69) is 11.8 Å². The summed E-state index contributed by atoms with van der Waals surface area (Å²) < 4.78 is 13.0. The van der Waals surface area contributed by atoms with Crippen LogP contribution in [0.4, 0.5) is 4.39 Å². The van der Waals surface area contributed by atoms with Crippen molar-refractivity contribution in [2.45, 2.75) is 44.4 Å². The lowest BCUT2D eigenvalue weighted by Gasteiger charge is -2.39. The van der Waals surface area contributed by atoms with Crippen LogP contribution < -0.4 is 5.73 Å². The SMILES string of the molecule is CCC(N)C(c1ccc(F)cc1)N1CCC(O)CC1. The molecule has 2 atom stereocenters. The third-order valence-electron chi connectivity index (χ3n) is 3.98. The Morgan fingerprint density at radius 1 is 1.32 bits per heavy atom. The Kier molecular flexibility index (Phi) is 4.91. The average molecular weight is 266 g/mol. The van der Waals surface area contributed by atoms with Crippen LogP contribution in [-0.4, -0.2) is 35.2 Å². The number of aliphatic hydroxyl groups excluding tert-OH is 1. The lowest BCUT2D eigenvalue weighted by Crippen LogP contribution is -2.45. The molecule has 0 bridgehead atoms. The first-order valence-electron chi connectivity index (χ1n) is 7.05. The van der Waals surface area contributed by atoms with Gasteiger partial charge in [-0.1, -0.05) is 19.1 Å². The minimum absolute atomic E-state index is 0.0284. The molecule has 0 amide bonds. The lowest BCUT2D eigenvalue weighted by molar-refractivity contribution is 0.0529. The Hall–Kier alpha value is -0.970. The second kappa shape index (κ2) is 6.46. The summed E-state index contributed by atoms with van der Waals surface area (Å²) in [6.07, 6.45) is 2.26. The van der Waals surface area contributed by atoms with Crippen molar-refractivity contribution in [1.82, 2.24) is 4.90 Å². The molecule has 3 N–H and O–H groups in total. The first-order valence-corrected chi connectivity index (χ1v) is 7.05. The molecule has 106 valence electrons. The van der Waals surface area contributed by atoms with Crippen molar-refractivity contribution in [1.29, 1.82) is 0 Å². The van der Waals surface area contributed by atoms with Gasteiger partial charge < -0.3 is 10.8 Å². The van der Waals surface area contributed by atoms with Gasteiger partial charge in [0.25, 0.3) is 0 Å². The largest absolute Gasteiger partial charge is 0.393 e. The summed E-state index contributed by atoms with van der Waals surface area (Å²) in [7, 11) is 0. The number of hydrogen-bond donors (Lipinski definition) is 2. The molecule has 0 spiro atoms. The number of hydrogen-bond acceptors (Lipinski definition) is 3. The van der Waals surface area contributed by atoms with E-state index in [0.717, 1.165) is 37.9 Å². The lowest BCUT2D eigenvalue weighted by atomic mass is 9.94. The zero-order chi connectivity index (χ0) is 13.8. The van der Waals surface area contributed by atoms with E-state index in [9.17, 15) is 9.50 Å². The normalized spacial score (nSPS) is 21.3. The van der Waals surface area contributed by atoms with Crippen LogP contribution >= 0.6 is 0 Å². The van der Waals surface area contributed by atoms with E-state index in [4.69, 9.17) is 5.73 Å². The van der Waals surface area contributed by atoms with Crippen molar-refractivity contribution in [3.8, 4) is 0 Å². The molecule has 0 saturated carbocycles. The topological polar surface area (TPSA) is 49.5 Å². The number of piperidine rings is 1. The summed E-state index contributed by atoms with van der Waals surface area (Å²) >= 11 is 0. The molecule has 4 heteroatoms. The fourth-order valence-electron chi connectivity index (χ4n) is 2.78. The van der Waals surface area contributed by atoms with Gasteiger partial charge in [-0.25, -0.2) is 4.39 Å². The standard InChI is InChI=1S/C15H23FN2O/c1-2-14(17)15(11-3-5-12(16)6-4-11)18-9-7-13(19)8-10-18/h3-6,13-15,19H,2,7-10,17H2,1H3. The second-order valence-electron chi connectivity index (χ2n) is 5.34. The number of nitrogens with two attached hydrogens (primary N) is 1. The van der Waals surface area contributed by atoms with Gasteiger partial charge in [0.2, 0.25) is 0 Å². The van der Waals surface area contributed by atoms with Gasteiger partial charge in [-0.05, 0) is 37.0 Å². The molecule has 1 heterocycles. The molecule has 19 heavy (non-hydrogen) atoms. The van der Waals surface area contributed by atoms with Crippen LogP contribution in [0.15, 0.2) is 24.3 Å². The van der Waals surface area contributed by atoms with Gasteiger partial charge in [0.05, 0.1) is 6.10 Å². The van der Waals surface area contributed by atoms with Gasteiger partial charge in [-0.15, -0.1) is 0 Å². The highest BCUT2D eigenvalue weighted by Gasteiger charge is 2.28.